The van der Waals surface area contributed by atoms with Crippen LogP contribution in [0.4, 0.5) is 24.0 Å². The molecule has 0 saturated carbocycles. The number of para-hydroxylation sites is 1. The molecule has 1 heterocycles. The molecule has 1 amide bonds. The number of hydrogen-bond acceptors (Lipinski definition) is 5. The molecule has 0 bridgehead atoms. The van der Waals surface area contributed by atoms with Gasteiger partial charge >= 0.3 is 6.36 Å². The van der Waals surface area contributed by atoms with Crippen molar-refractivity contribution in [1.82, 2.24) is 9.88 Å². The first-order chi connectivity index (χ1) is 14.6. The molecule has 0 aliphatic rings. The van der Waals surface area contributed by atoms with E-state index in [1.807, 2.05) is 41.5 Å². The van der Waals surface area contributed by atoms with E-state index in [2.05, 4.69) is 9.72 Å². The summed E-state index contributed by atoms with van der Waals surface area (Å²) in [5.74, 6) is -0.376. The summed E-state index contributed by atoms with van der Waals surface area (Å²) in [6.07, 6.45) is -4.75. The van der Waals surface area contributed by atoms with Crippen LogP contribution < -0.4 is 9.64 Å². The Labute approximate surface area is 182 Å². The number of benzene rings is 2. The number of nitrogens with zero attached hydrogens (tertiary/aromatic N) is 3. The third-order valence-electron chi connectivity index (χ3n) is 4.41. The molecule has 3 rings (SSSR count). The minimum absolute atomic E-state index is 0.156. The average molecular weight is 449 g/mol. The maximum absolute atomic E-state index is 12.6. The van der Waals surface area contributed by atoms with Crippen molar-refractivity contribution in [3.8, 4) is 5.75 Å². The van der Waals surface area contributed by atoms with Crippen LogP contribution in [0, 0.1) is 6.92 Å². The normalized spacial score (nSPS) is 11.6. The molecule has 5 nitrogen and oxygen atoms in total. The van der Waals surface area contributed by atoms with Crippen LogP contribution in [0.2, 0.25) is 0 Å². The molecule has 0 atom stereocenters. The van der Waals surface area contributed by atoms with Crippen LogP contribution in [0.1, 0.15) is 23.7 Å². The number of aryl methyl sites for hydroxylation is 1. The fourth-order valence-corrected chi connectivity index (χ4v) is 3.95. The van der Waals surface area contributed by atoms with Crippen LogP contribution in [-0.4, -0.2) is 29.2 Å². The third kappa shape index (κ3) is 6.28. The zero-order chi connectivity index (χ0) is 22.6. The summed E-state index contributed by atoms with van der Waals surface area (Å²) in [7, 11) is 1.78. The highest BCUT2D eigenvalue weighted by Gasteiger charge is 2.32. The van der Waals surface area contributed by atoms with Crippen molar-refractivity contribution in [2.45, 2.75) is 33.3 Å². The molecule has 0 aliphatic heterocycles. The molecule has 0 saturated heterocycles. The van der Waals surface area contributed by atoms with Gasteiger partial charge < -0.3 is 4.74 Å². The molecule has 31 heavy (non-hydrogen) atoms. The average Bonchev–Trinajstić information content (AvgIpc) is 3.11. The van der Waals surface area contributed by atoms with Gasteiger partial charge in [0, 0.05) is 31.0 Å². The Morgan fingerprint density at radius 2 is 1.77 bits per heavy atom. The molecule has 1 aromatic heterocycles. The van der Waals surface area contributed by atoms with Gasteiger partial charge in [0.15, 0.2) is 5.13 Å². The topological polar surface area (TPSA) is 45.7 Å². The summed E-state index contributed by atoms with van der Waals surface area (Å²) in [5, 5.41) is 2.38. The van der Waals surface area contributed by atoms with E-state index in [4.69, 9.17) is 0 Å². The van der Waals surface area contributed by atoms with Gasteiger partial charge in [0.05, 0.1) is 11.4 Å². The molecule has 0 radical (unpaired) electrons. The zero-order valence-electron chi connectivity index (χ0n) is 17.3. The highest BCUT2D eigenvalue weighted by Crippen LogP contribution is 2.30. The van der Waals surface area contributed by atoms with Gasteiger partial charge in [-0.25, -0.2) is 4.98 Å². The Bertz CT molecular complexity index is 1030. The van der Waals surface area contributed by atoms with Gasteiger partial charge in [-0.2, -0.15) is 0 Å². The summed E-state index contributed by atoms with van der Waals surface area (Å²) in [6, 6.07) is 13.6. The summed E-state index contributed by atoms with van der Waals surface area (Å²) in [6.45, 7) is 4.09. The van der Waals surface area contributed by atoms with Crippen molar-refractivity contribution < 1.29 is 22.7 Å². The summed E-state index contributed by atoms with van der Waals surface area (Å²) < 4.78 is 42.0. The van der Waals surface area contributed by atoms with E-state index in [9.17, 15) is 18.0 Å². The first-order valence-electron chi connectivity index (χ1n) is 9.46. The quantitative estimate of drug-likeness (QED) is 0.467. The van der Waals surface area contributed by atoms with E-state index >= 15 is 0 Å². The molecule has 164 valence electrons. The van der Waals surface area contributed by atoms with Crippen LogP contribution >= 0.6 is 11.3 Å². The SMILES string of the molecule is CC(=O)N(c1ccc(C)cc1)c1nc(CN(C)Cc2ccccc2OC(F)(F)F)cs1. The van der Waals surface area contributed by atoms with Crippen LogP contribution in [-0.2, 0) is 17.9 Å². The highest BCUT2D eigenvalue weighted by molar-refractivity contribution is 7.14. The zero-order valence-corrected chi connectivity index (χ0v) is 18.1. The first kappa shape index (κ1) is 22.8. The van der Waals surface area contributed by atoms with Gasteiger partial charge in [-0.1, -0.05) is 35.9 Å². The molecule has 3 aromatic rings. The maximum Gasteiger partial charge on any atom is 0.573 e. The largest absolute Gasteiger partial charge is 0.573 e. The Morgan fingerprint density at radius 1 is 1.10 bits per heavy atom. The number of alkyl halides is 3. The van der Waals surface area contributed by atoms with Crippen LogP contribution in [0.3, 0.4) is 0 Å². The molecule has 2 aromatic carbocycles. The van der Waals surface area contributed by atoms with Gasteiger partial charge in [-0.15, -0.1) is 24.5 Å². The van der Waals surface area contributed by atoms with E-state index in [1.54, 1.807) is 24.1 Å². The van der Waals surface area contributed by atoms with E-state index in [-0.39, 0.29) is 18.2 Å². The Hall–Kier alpha value is -2.91. The number of anilines is 2. The highest BCUT2D eigenvalue weighted by atomic mass is 32.1. The van der Waals surface area contributed by atoms with Crippen LogP contribution in [0.15, 0.2) is 53.9 Å². The summed E-state index contributed by atoms with van der Waals surface area (Å²) in [5.41, 5.74) is 2.95. The number of thiazole rings is 1. The lowest BCUT2D eigenvalue weighted by molar-refractivity contribution is -0.275. The molecular weight excluding hydrogens is 427 g/mol. The molecule has 0 N–H and O–H groups in total. The third-order valence-corrected chi connectivity index (χ3v) is 5.28. The Morgan fingerprint density at radius 3 is 2.42 bits per heavy atom. The van der Waals surface area contributed by atoms with Gasteiger partial charge in [-0.3, -0.25) is 14.6 Å². The standard InChI is InChI=1S/C22H22F3N3O2S/c1-15-8-10-19(11-9-15)28(16(2)29)21-26-18(14-31-21)13-27(3)12-17-6-4-5-7-20(17)30-22(23,24)25/h4-11,14H,12-13H2,1-3H3. The van der Waals surface area contributed by atoms with Crippen molar-refractivity contribution in [3.05, 3.63) is 70.7 Å². The molecule has 0 unspecified atom stereocenters. The van der Waals surface area contributed by atoms with Crippen molar-refractivity contribution in [2.24, 2.45) is 0 Å². The number of carbonyl (C=O) groups excluding carboxylic acids is 1. The minimum Gasteiger partial charge on any atom is -0.405 e. The number of amides is 1. The van der Waals surface area contributed by atoms with Gasteiger partial charge in [0.25, 0.3) is 0 Å². The fraction of sp³-hybridized carbons (Fsp3) is 0.273. The molecule has 9 heteroatoms. The lowest BCUT2D eigenvalue weighted by Gasteiger charge is -2.19. The second kappa shape index (κ2) is 9.49. The lowest BCUT2D eigenvalue weighted by Crippen LogP contribution is -2.23. The van der Waals surface area contributed by atoms with Crippen molar-refractivity contribution >= 4 is 28.1 Å². The minimum atomic E-state index is -4.75. The predicted molar refractivity (Wildman–Crippen MR) is 114 cm³/mol. The second-order valence-electron chi connectivity index (χ2n) is 7.14. The maximum atomic E-state index is 12.6. The Balaban J connectivity index is 1.72. The number of carbonyl (C=O) groups is 1. The van der Waals surface area contributed by atoms with Crippen molar-refractivity contribution in [3.63, 3.8) is 0 Å². The number of rotatable bonds is 7. The number of hydrogen-bond donors (Lipinski definition) is 0. The molecule has 0 spiro atoms. The number of halogens is 3. The number of aromatic nitrogens is 1. The monoisotopic (exact) mass is 449 g/mol. The van der Waals surface area contributed by atoms with E-state index < -0.39 is 6.36 Å². The van der Waals surface area contributed by atoms with E-state index in [0.717, 1.165) is 16.9 Å². The fourth-order valence-electron chi connectivity index (χ4n) is 3.07. The van der Waals surface area contributed by atoms with Gasteiger partial charge in [-0.05, 0) is 32.2 Å². The van der Waals surface area contributed by atoms with E-state index in [1.165, 1.54) is 30.4 Å². The Kier molecular flexibility index (Phi) is 6.97. The van der Waals surface area contributed by atoms with E-state index in [0.29, 0.717) is 17.2 Å². The smallest absolute Gasteiger partial charge is 0.405 e. The van der Waals surface area contributed by atoms with Crippen molar-refractivity contribution in [2.75, 3.05) is 11.9 Å². The summed E-state index contributed by atoms with van der Waals surface area (Å²) in [4.78, 5) is 20.2. The molecular formula is C22H22F3N3O2S. The predicted octanol–water partition coefficient (Wildman–Crippen LogP) is 5.67. The van der Waals surface area contributed by atoms with Gasteiger partial charge in [0.1, 0.15) is 5.75 Å². The van der Waals surface area contributed by atoms with Crippen molar-refractivity contribution in [1.29, 1.82) is 0 Å². The molecule has 0 aliphatic carbocycles. The van der Waals surface area contributed by atoms with Crippen LogP contribution in [0.5, 0.6) is 5.75 Å². The molecule has 0 fully saturated rings. The second-order valence-corrected chi connectivity index (χ2v) is 7.98. The van der Waals surface area contributed by atoms with Gasteiger partial charge in [0.2, 0.25) is 5.91 Å². The lowest BCUT2D eigenvalue weighted by atomic mass is 10.2. The first-order valence-corrected chi connectivity index (χ1v) is 10.3. The van der Waals surface area contributed by atoms with Crippen LogP contribution in [0.25, 0.3) is 0 Å². The summed E-state index contributed by atoms with van der Waals surface area (Å²) >= 11 is 1.34. The number of ether oxygens (including phenoxy) is 1.